The summed E-state index contributed by atoms with van der Waals surface area (Å²) in [6, 6.07) is 8.85. The molecule has 0 bridgehead atoms. The Hall–Kier alpha value is -1.02. The van der Waals surface area contributed by atoms with Crippen molar-refractivity contribution in [1.29, 1.82) is 0 Å². The molecule has 2 heteroatoms. The topological polar surface area (TPSA) is 25.8 Å². The minimum absolute atomic E-state index is 0.700. The molecule has 0 saturated carbocycles. The first-order valence-corrected chi connectivity index (χ1v) is 5.75. The monoisotopic (exact) mass is 208 g/mol. The number of quaternary nitrogens is 1. The highest BCUT2D eigenvalue weighted by Gasteiger charge is 2.01. The Kier molecular flexibility index (Phi) is 5.19. The fourth-order valence-electron chi connectivity index (χ4n) is 1.41. The highest BCUT2D eigenvalue weighted by atomic mass is 16.5. The lowest BCUT2D eigenvalue weighted by molar-refractivity contribution is -0.686. The van der Waals surface area contributed by atoms with Crippen molar-refractivity contribution in [1.82, 2.24) is 0 Å². The predicted octanol–water partition coefficient (Wildman–Crippen LogP) is 1.74. The van der Waals surface area contributed by atoms with E-state index in [2.05, 4.69) is 32.2 Å². The summed E-state index contributed by atoms with van der Waals surface area (Å²) in [6.45, 7) is 8.35. The molecule has 1 atom stereocenters. The van der Waals surface area contributed by atoms with Crippen molar-refractivity contribution in [3.05, 3.63) is 29.8 Å². The minimum atomic E-state index is 0.700. The molecule has 1 rings (SSSR count). The molecular weight excluding hydrogens is 186 g/mol. The number of aryl methyl sites for hydroxylation is 1. The van der Waals surface area contributed by atoms with E-state index in [0.717, 1.165) is 18.9 Å². The Morgan fingerprint density at radius 1 is 1.33 bits per heavy atom. The average Bonchev–Trinajstić information content (AvgIpc) is 2.26. The number of hydrogen-bond donors (Lipinski definition) is 1. The number of benzene rings is 1. The summed E-state index contributed by atoms with van der Waals surface area (Å²) in [5.41, 5.74) is 1.21. The molecule has 0 spiro atoms. The number of hydrogen-bond acceptors (Lipinski definition) is 1. The Morgan fingerprint density at radius 3 is 2.73 bits per heavy atom. The summed E-state index contributed by atoms with van der Waals surface area (Å²) in [5.74, 6) is 1.01. The third-order valence-electron chi connectivity index (χ3n) is 2.68. The summed E-state index contributed by atoms with van der Waals surface area (Å²) in [4.78, 5) is 0. The van der Waals surface area contributed by atoms with Crippen LogP contribution in [-0.4, -0.2) is 19.2 Å². The van der Waals surface area contributed by atoms with Crippen molar-refractivity contribution in [2.45, 2.75) is 33.2 Å². The van der Waals surface area contributed by atoms with Crippen LogP contribution in [0.4, 0.5) is 0 Å². The lowest BCUT2D eigenvalue weighted by Gasteiger charge is -2.10. The summed E-state index contributed by atoms with van der Waals surface area (Å²) in [5, 5.41) is 2.33. The van der Waals surface area contributed by atoms with Crippen LogP contribution in [0.15, 0.2) is 24.3 Å². The van der Waals surface area contributed by atoms with Gasteiger partial charge in [0.05, 0.1) is 6.04 Å². The van der Waals surface area contributed by atoms with Gasteiger partial charge in [-0.3, -0.25) is 0 Å². The molecule has 0 amide bonds. The van der Waals surface area contributed by atoms with Gasteiger partial charge in [0.2, 0.25) is 0 Å². The summed E-state index contributed by atoms with van der Waals surface area (Å²) in [7, 11) is 0. The normalized spacial score (nSPS) is 12.5. The van der Waals surface area contributed by atoms with Crippen molar-refractivity contribution in [3.8, 4) is 5.75 Å². The SMILES string of the molecule is CC[C@@H](C)[NH2+]CCOc1ccccc1C. The fourth-order valence-corrected chi connectivity index (χ4v) is 1.41. The van der Waals surface area contributed by atoms with E-state index in [1.165, 1.54) is 12.0 Å². The molecule has 0 radical (unpaired) electrons. The van der Waals surface area contributed by atoms with Gasteiger partial charge in [0.15, 0.2) is 0 Å². The lowest BCUT2D eigenvalue weighted by atomic mass is 10.2. The van der Waals surface area contributed by atoms with E-state index in [1.807, 2.05) is 18.2 Å². The van der Waals surface area contributed by atoms with E-state index in [-0.39, 0.29) is 0 Å². The summed E-state index contributed by atoms with van der Waals surface area (Å²) >= 11 is 0. The number of ether oxygens (including phenoxy) is 1. The fraction of sp³-hybridized carbons (Fsp3) is 0.538. The highest BCUT2D eigenvalue weighted by Crippen LogP contribution is 2.15. The Morgan fingerprint density at radius 2 is 2.07 bits per heavy atom. The van der Waals surface area contributed by atoms with Gasteiger partial charge in [-0.05, 0) is 31.9 Å². The minimum Gasteiger partial charge on any atom is -0.487 e. The van der Waals surface area contributed by atoms with Crippen LogP contribution in [0.5, 0.6) is 5.75 Å². The molecule has 0 aromatic heterocycles. The maximum atomic E-state index is 5.70. The molecule has 0 unspecified atom stereocenters. The van der Waals surface area contributed by atoms with Crippen LogP contribution in [0, 0.1) is 6.92 Å². The van der Waals surface area contributed by atoms with Crippen LogP contribution in [0.25, 0.3) is 0 Å². The molecule has 1 aromatic carbocycles. The molecule has 0 fully saturated rings. The van der Waals surface area contributed by atoms with Crippen molar-refractivity contribution >= 4 is 0 Å². The van der Waals surface area contributed by atoms with Gasteiger partial charge in [-0.1, -0.05) is 25.1 Å². The van der Waals surface area contributed by atoms with Gasteiger partial charge in [-0.15, -0.1) is 0 Å². The first-order valence-electron chi connectivity index (χ1n) is 5.75. The first kappa shape index (κ1) is 12.1. The second-order valence-electron chi connectivity index (χ2n) is 4.02. The second-order valence-corrected chi connectivity index (χ2v) is 4.02. The van der Waals surface area contributed by atoms with E-state index >= 15 is 0 Å². The van der Waals surface area contributed by atoms with Crippen LogP contribution in [0.3, 0.4) is 0 Å². The zero-order valence-electron chi connectivity index (χ0n) is 9.99. The van der Waals surface area contributed by atoms with Gasteiger partial charge < -0.3 is 10.1 Å². The third kappa shape index (κ3) is 4.34. The zero-order valence-corrected chi connectivity index (χ0v) is 9.99. The maximum Gasteiger partial charge on any atom is 0.137 e. The summed E-state index contributed by atoms with van der Waals surface area (Å²) < 4.78 is 5.70. The molecule has 2 nitrogen and oxygen atoms in total. The smallest absolute Gasteiger partial charge is 0.137 e. The van der Waals surface area contributed by atoms with E-state index in [9.17, 15) is 0 Å². The molecule has 1 aromatic rings. The van der Waals surface area contributed by atoms with Gasteiger partial charge in [0.25, 0.3) is 0 Å². The quantitative estimate of drug-likeness (QED) is 0.708. The Bertz CT molecular complexity index is 286. The number of para-hydroxylation sites is 1. The Labute approximate surface area is 92.6 Å². The van der Waals surface area contributed by atoms with E-state index in [1.54, 1.807) is 0 Å². The molecule has 0 saturated heterocycles. The molecule has 0 aliphatic carbocycles. The maximum absolute atomic E-state index is 5.70. The average molecular weight is 208 g/mol. The van der Waals surface area contributed by atoms with E-state index in [0.29, 0.717) is 6.04 Å². The number of nitrogens with two attached hydrogens (primary N) is 1. The van der Waals surface area contributed by atoms with Gasteiger partial charge >= 0.3 is 0 Å². The molecular formula is C13H22NO+. The third-order valence-corrected chi connectivity index (χ3v) is 2.68. The van der Waals surface area contributed by atoms with Crippen LogP contribution in [0.1, 0.15) is 25.8 Å². The first-order chi connectivity index (χ1) is 7.24. The molecule has 2 N–H and O–H groups in total. The summed E-state index contributed by atoms with van der Waals surface area (Å²) in [6.07, 6.45) is 1.21. The predicted molar refractivity (Wildman–Crippen MR) is 63.2 cm³/mol. The largest absolute Gasteiger partial charge is 0.487 e. The molecule has 0 heterocycles. The van der Waals surface area contributed by atoms with Crippen molar-refractivity contribution in [2.24, 2.45) is 0 Å². The van der Waals surface area contributed by atoms with Crippen molar-refractivity contribution in [2.75, 3.05) is 13.2 Å². The van der Waals surface area contributed by atoms with Crippen molar-refractivity contribution < 1.29 is 10.1 Å². The van der Waals surface area contributed by atoms with Gasteiger partial charge in [0.1, 0.15) is 18.9 Å². The lowest BCUT2D eigenvalue weighted by Crippen LogP contribution is -2.90. The second kappa shape index (κ2) is 6.46. The molecule has 15 heavy (non-hydrogen) atoms. The van der Waals surface area contributed by atoms with Gasteiger partial charge in [-0.25, -0.2) is 0 Å². The number of rotatable bonds is 6. The van der Waals surface area contributed by atoms with Crippen LogP contribution < -0.4 is 10.1 Å². The van der Waals surface area contributed by atoms with E-state index < -0.39 is 0 Å². The Balaban J connectivity index is 2.23. The standard InChI is InChI=1S/C13H21NO/c1-4-12(3)14-9-10-15-13-8-6-5-7-11(13)2/h5-8,12,14H,4,9-10H2,1-3H3/p+1/t12-/m1/s1. The van der Waals surface area contributed by atoms with E-state index in [4.69, 9.17) is 4.74 Å². The van der Waals surface area contributed by atoms with Gasteiger partial charge in [-0.2, -0.15) is 0 Å². The van der Waals surface area contributed by atoms with Crippen molar-refractivity contribution in [3.63, 3.8) is 0 Å². The van der Waals surface area contributed by atoms with Gasteiger partial charge in [0, 0.05) is 0 Å². The van der Waals surface area contributed by atoms with Crippen LogP contribution >= 0.6 is 0 Å². The molecule has 0 aliphatic rings. The van der Waals surface area contributed by atoms with Crippen LogP contribution in [0.2, 0.25) is 0 Å². The zero-order chi connectivity index (χ0) is 11.1. The highest BCUT2D eigenvalue weighted by molar-refractivity contribution is 5.31. The van der Waals surface area contributed by atoms with Crippen LogP contribution in [-0.2, 0) is 0 Å². The molecule has 0 aliphatic heterocycles. The molecule has 84 valence electrons.